The Balaban J connectivity index is 1.71. The van der Waals surface area contributed by atoms with Crippen LogP contribution in [0.2, 0.25) is 5.02 Å². The van der Waals surface area contributed by atoms with Crippen molar-refractivity contribution in [3.63, 3.8) is 0 Å². The molecule has 0 aliphatic carbocycles. The summed E-state index contributed by atoms with van der Waals surface area (Å²) in [6.45, 7) is 1.59. The Morgan fingerprint density at radius 3 is 2.74 bits per heavy atom. The Morgan fingerprint density at radius 2 is 1.97 bits per heavy atom. The van der Waals surface area contributed by atoms with Crippen molar-refractivity contribution in [3.8, 4) is 22.8 Å². The third-order valence-corrected chi connectivity index (χ3v) is 5.52. The fourth-order valence-corrected chi connectivity index (χ4v) is 3.83. The van der Waals surface area contributed by atoms with Gasteiger partial charge in [-0.05, 0) is 18.2 Å². The number of halogens is 1. The molecular weight excluding hydrogens is 420 g/mol. The molecule has 0 amide bonds. The van der Waals surface area contributed by atoms with Gasteiger partial charge in [-0.25, -0.2) is 4.98 Å². The fraction of sp³-hybridized carbons (Fsp3) is 0.318. The minimum atomic E-state index is -0.253. The van der Waals surface area contributed by atoms with Gasteiger partial charge in [0.25, 0.3) is 5.56 Å². The first-order valence-corrected chi connectivity index (χ1v) is 10.2. The average Bonchev–Trinajstić information content (AvgIpc) is 2.80. The van der Waals surface area contributed by atoms with E-state index in [1.807, 2.05) is 17.0 Å². The number of hydrogen-bond donors (Lipinski definition) is 0. The SMILES string of the molecule is COc1cnccc1-c1cc(=O)n(C)c(N2CCO[C@@H](c3ccc(Cl)cc3OC)C2)n1. The molecule has 162 valence electrons. The summed E-state index contributed by atoms with van der Waals surface area (Å²) in [5.41, 5.74) is 1.98. The second kappa shape index (κ2) is 8.95. The largest absolute Gasteiger partial charge is 0.496 e. The van der Waals surface area contributed by atoms with Crippen molar-refractivity contribution in [1.82, 2.24) is 14.5 Å². The highest BCUT2D eigenvalue weighted by Gasteiger charge is 2.27. The normalized spacial score (nSPS) is 16.3. The van der Waals surface area contributed by atoms with Crippen LogP contribution in [-0.4, -0.2) is 48.5 Å². The summed E-state index contributed by atoms with van der Waals surface area (Å²) in [5.74, 6) is 1.78. The van der Waals surface area contributed by atoms with E-state index >= 15 is 0 Å². The molecule has 1 aliphatic heterocycles. The molecular formula is C22H23ClN4O4. The summed E-state index contributed by atoms with van der Waals surface area (Å²) >= 11 is 6.10. The second-order valence-corrected chi connectivity index (χ2v) is 7.54. The summed E-state index contributed by atoms with van der Waals surface area (Å²) in [6.07, 6.45) is 3.00. The van der Waals surface area contributed by atoms with Crippen LogP contribution in [0.25, 0.3) is 11.3 Å². The average molecular weight is 443 g/mol. The van der Waals surface area contributed by atoms with E-state index in [2.05, 4.69) is 4.98 Å². The number of aromatic nitrogens is 3. The Bertz CT molecular complexity index is 1150. The molecule has 31 heavy (non-hydrogen) atoms. The first-order valence-electron chi connectivity index (χ1n) is 9.78. The molecule has 1 aliphatic rings. The van der Waals surface area contributed by atoms with E-state index in [9.17, 15) is 4.79 Å². The zero-order valence-electron chi connectivity index (χ0n) is 17.5. The van der Waals surface area contributed by atoms with Crippen LogP contribution in [0.4, 0.5) is 5.95 Å². The molecule has 0 unspecified atom stereocenters. The Labute approximate surface area is 185 Å². The van der Waals surface area contributed by atoms with E-state index in [-0.39, 0.29) is 11.7 Å². The predicted molar refractivity (Wildman–Crippen MR) is 118 cm³/mol. The molecule has 1 aromatic carbocycles. The van der Waals surface area contributed by atoms with Gasteiger partial charge >= 0.3 is 0 Å². The molecule has 4 rings (SSSR count). The van der Waals surface area contributed by atoms with E-state index in [1.165, 1.54) is 6.07 Å². The van der Waals surface area contributed by atoms with Crippen molar-refractivity contribution < 1.29 is 14.2 Å². The molecule has 0 saturated carbocycles. The topological polar surface area (TPSA) is 78.7 Å². The van der Waals surface area contributed by atoms with Gasteiger partial charge in [0.05, 0.1) is 39.3 Å². The molecule has 9 heteroatoms. The van der Waals surface area contributed by atoms with E-state index < -0.39 is 0 Å². The minimum absolute atomic E-state index is 0.161. The van der Waals surface area contributed by atoms with Crippen LogP contribution in [0.1, 0.15) is 11.7 Å². The number of benzene rings is 1. The van der Waals surface area contributed by atoms with Crippen LogP contribution in [-0.2, 0) is 11.8 Å². The second-order valence-electron chi connectivity index (χ2n) is 7.11. The third-order valence-electron chi connectivity index (χ3n) is 5.28. The zero-order valence-corrected chi connectivity index (χ0v) is 18.3. The lowest BCUT2D eigenvalue weighted by Crippen LogP contribution is -2.41. The fourth-order valence-electron chi connectivity index (χ4n) is 3.67. The molecule has 1 fully saturated rings. The molecule has 1 atom stereocenters. The molecule has 8 nitrogen and oxygen atoms in total. The van der Waals surface area contributed by atoms with E-state index in [0.717, 1.165) is 5.56 Å². The number of nitrogens with zero attached hydrogens (tertiary/aromatic N) is 4. The van der Waals surface area contributed by atoms with Crippen LogP contribution in [0, 0.1) is 0 Å². The van der Waals surface area contributed by atoms with Gasteiger partial charge in [-0.1, -0.05) is 17.7 Å². The maximum Gasteiger partial charge on any atom is 0.255 e. The molecule has 0 N–H and O–H groups in total. The van der Waals surface area contributed by atoms with Gasteiger partial charge in [0, 0.05) is 42.0 Å². The monoisotopic (exact) mass is 442 g/mol. The molecule has 0 spiro atoms. The summed E-state index contributed by atoms with van der Waals surface area (Å²) in [5, 5.41) is 0.594. The maximum atomic E-state index is 12.7. The van der Waals surface area contributed by atoms with E-state index in [4.69, 9.17) is 30.8 Å². The molecule has 0 radical (unpaired) electrons. The lowest BCUT2D eigenvalue weighted by molar-refractivity contribution is 0.0374. The smallest absolute Gasteiger partial charge is 0.255 e. The molecule has 1 saturated heterocycles. The Morgan fingerprint density at radius 1 is 1.16 bits per heavy atom. The molecule has 2 aromatic heterocycles. The summed E-state index contributed by atoms with van der Waals surface area (Å²) in [7, 11) is 4.88. The van der Waals surface area contributed by atoms with Crippen molar-refractivity contribution in [2.45, 2.75) is 6.10 Å². The number of hydrogen-bond acceptors (Lipinski definition) is 7. The van der Waals surface area contributed by atoms with Crippen LogP contribution < -0.4 is 19.9 Å². The number of ether oxygens (including phenoxy) is 3. The van der Waals surface area contributed by atoms with Gasteiger partial charge < -0.3 is 19.1 Å². The van der Waals surface area contributed by atoms with Crippen LogP contribution in [0.15, 0.2) is 47.5 Å². The standard InChI is InChI=1S/C22H23ClN4O4/c1-26-21(28)11-17(15-6-7-24-12-19(15)30-3)25-22(26)27-8-9-31-20(13-27)16-5-4-14(23)10-18(16)29-2/h4-7,10-12,20H,8-9,13H2,1-3H3/t20-/m1/s1. The van der Waals surface area contributed by atoms with Gasteiger partial charge in [-0.3, -0.25) is 14.3 Å². The quantitative estimate of drug-likeness (QED) is 0.600. The van der Waals surface area contributed by atoms with Gasteiger partial charge in [0.2, 0.25) is 5.95 Å². The van der Waals surface area contributed by atoms with Gasteiger partial charge in [0.1, 0.15) is 17.6 Å². The highest BCUT2D eigenvalue weighted by molar-refractivity contribution is 6.30. The van der Waals surface area contributed by atoms with Gasteiger partial charge in [-0.2, -0.15) is 0 Å². The highest BCUT2D eigenvalue weighted by Crippen LogP contribution is 2.34. The Hall–Kier alpha value is -3.10. The highest BCUT2D eigenvalue weighted by atomic mass is 35.5. The summed E-state index contributed by atoms with van der Waals surface area (Å²) in [4.78, 5) is 23.7. The lowest BCUT2D eigenvalue weighted by atomic mass is 10.1. The van der Waals surface area contributed by atoms with E-state index in [1.54, 1.807) is 50.4 Å². The van der Waals surface area contributed by atoms with E-state index in [0.29, 0.717) is 53.4 Å². The summed E-state index contributed by atoms with van der Waals surface area (Å²) < 4.78 is 18.4. The van der Waals surface area contributed by atoms with Crippen LogP contribution >= 0.6 is 11.6 Å². The van der Waals surface area contributed by atoms with Crippen molar-refractivity contribution in [1.29, 1.82) is 0 Å². The number of pyridine rings is 1. The molecule has 3 heterocycles. The van der Waals surface area contributed by atoms with Crippen molar-refractivity contribution in [2.24, 2.45) is 7.05 Å². The minimum Gasteiger partial charge on any atom is -0.496 e. The first kappa shape index (κ1) is 21.1. The number of anilines is 1. The zero-order chi connectivity index (χ0) is 22.0. The summed E-state index contributed by atoms with van der Waals surface area (Å²) in [6, 6.07) is 8.77. The number of morpholine rings is 1. The van der Waals surface area contributed by atoms with Crippen LogP contribution in [0.5, 0.6) is 11.5 Å². The van der Waals surface area contributed by atoms with Gasteiger partial charge in [-0.15, -0.1) is 0 Å². The number of methoxy groups -OCH3 is 2. The predicted octanol–water partition coefficient (Wildman–Crippen LogP) is 3.09. The van der Waals surface area contributed by atoms with Crippen molar-refractivity contribution >= 4 is 17.5 Å². The third kappa shape index (κ3) is 4.22. The van der Waals surface area contributed by atoms with Gasteiger partial charge in [0.15, 0.2) is 0 Å². The van der Waals surface area contributed by atoms with Crippen molar-refractivity contribution in [3.05, 3.63) is 63.7 Å². The number of rotatable bonds is 5. The molecule has 3 aromatic rings. The Kier molecular flexibility index (Phi) is 6.11. The van der Waals surface area contributed by atoms with Crippen LogP contribution in [0.3, 0.4) is 0 Å². The lowest BCUT2D eigenvalue weighted by Gasteiger charge is -2.35. The molecule has 0 bridgehead atoms. The maximum absolute atomic E-state index is 12.7. The first-order chi connectivity index (χ1) is 15.0. The van der Waals surface area contributed by atoms with Crippen molar-refractivity contribution in [2.75, 3.05) is 38.8 Å².